The van der Waals surface area contributed by atoms with Crippen LogP contribution in [0.25, 0.3) is 11.4 Å². The molecule has 86 valence electrons. The molecule has 1 N–H and O–H groups in total. The van der Waals surface area contributed by atoms with Crippen molar-refractivity contribution in [2.24, 2.45) is 0 Å². The van der Waals surface area contributed by atoms with Gasteiger partial charge in [-0.1, -0.05) is 30.3 Å². The lowest BCUT2D eigenvalue weighted by Gasteiger charge is -2.18. The van der Waals surface area contributed by atoms with Crippen molar-refractivity contribution in [3.05, 3.63) is 47.3 Å². The minimum absolute atomic E-state index is 0.838. The Morgan fingerprint density at radius 2 is 1.94 bits per heavy atom. The second-order valence-electron chi connectivity index (χ2n) is 4.35. The largest absolute Gasteiger partial charge is 0.311 e. The molecule has 3 heteroatoms. The quantitative estimate of drug-likeness (QED) is 0.807. The fourth-order valence-corrected chi connectivity index (χ4v) is 2.26. The molecular formula is C14H15N3. The highest BCUT2D eigenvalue weighted by atomic mass is 15.0. The topological polar surface area (TPSA) is 37.8 Å². The van der Waals surface area contributed by atoms with Crippen molar-refractivity contribution in [1.82, 2.24) is 15.3 Å². The van der Waals surface area contributed by atoms with Crippen molar-refractivity contribution in [1.29, 1.82) is 0 Å². The van der Waals surface area contributed by atoms with E-state index in [2.05, 4.69) is 34.3 Å². The summed E-state index contributed by atoms with van der Waals surface area (Å²) in [6.45, 7) is 3.97. The van der Waals surface area contributed by atoms with Gasteiger partial charge in [0.2, 0.25) is 0 Å². The first-order chi connectivity index (χ1) is 8.34. The summed E-state index contributed by atoms with van der Waals surface area (Å²) in [7, 11) is 0. The Balaban J connectivity index is 2.11. The molecule has 0 bridgehead atoms. The van der Waals surface area contributed by atoms with Crippen LogP contribution in [0.4, 0.5) is 0 Å². The molecule has 0 amide bonds. The van der Waals surface area contributed by atoms with Crippen molar-refractivity contribution in [2.75, 3.05) is 6.54 Å². The molecule has 3 rings (SSSR count). The van der Waals surface area contributed by atoms with Crippen molar-refractivity contribution in [3.8, 4) is 11.4 Å². The number of fused-ring (bicyclic) bond motifs is 1. The molecule has 2 heterocycles. The SMILES string of the molecule is Cc1nc(-c2ccccc2)nc2c1CCNC2. The van der Waals surface area contributed by atoms with Crippen LogP contribution in [-0.2, 0) is 13.0 Å². The number of benzene rings is 1. The van der Waals surface area contributed by atoms with Gasteiger partial charge in [0.1, 0.15) is 0 Å². The Morgan fingerprint density at radius 1 is 1.12 bits per heavy atom. The van der Waals surface area contributed by atoms with Gasteiger partial charge in [-0.3, -0.25) is 0 Å². The minimum atomic E-state index is 0.838. The van der Waals surface area contributed by atoms with E-state index in [1.165, 1.54) is 5.56 Å². The molecule has 0 radical (unpaired) electrons. The summed E-state index contributed by atoms with van der Waals surface area (Å²) in [4.78, 5) is 9.29. The lowest BCUT2D eigenvalue weighted by molar-refractivity contribution is 0.620. The molecule has 1 aliphatic heterocycles. The first-order valence-electron chi connectivity index (χ1n) is 5.97. The molecule has 0 unspecified atom stereocenters. The summed E-state index contributed by atoms with van der Waals surface area (Å²) in [6.07, 6.45) is 1.04. The van der Waals surface area contributed by atoms with Crippen molar-refractivity contribution < 1.29 is 0 Å². The third kappa shape index (κ3) is 1.94. The molecule has 1 aromatic heterocycles. The molecule has 0 aliphatic carbocycles. The molecule has 0 atom stereocenters. The lowest BCUT2D eigenvalue weighted by Crippen LogP contribution is -2.26. The maximum atomic E-state index is 4.67. The van der Waals surface area contributed by atoms with Crippen LogP contribution >= 0.6 is 0 Å². The zero-order chi connectivity index (χ0) is 11.7. The smallest absolute Gasteiger partial charge is 0.159 e. The van der Waals surface area contributed by atoms with Gasteiger partial charge in [0.15, 0.2) is 5.82 Å². The van der Waals surface area contributed by atoms with E-state index >= 15 is 0 Å². The Bertz CT molecular complexity index is 535. The van der Waals surface area contributed by atoms with Crippen molar-refractivity contribution in [2.45, 2.75) is 19.9 Å². The highest BCUT2D eigenvalue weighted by Gasteiger charge is 2.15. The van der Waals surface area contributed by atoms with E-state index in [1.807, 2.05) is 18.2 Å². The Hall–Kier alpha value is -1.74. The predicted octanol–water partition coefficient (Wildman–Crippen LogP) is 2.10. The average Bonchev–Trinajstić information content (AvgIpc) is 2.40. The van der Waals surface area contributed by atoms with Crippen LogP contribution in [0.2, 0.25) is 0 Å². The third-order valence-electron chi connectivity index (χ3n) is 3.18. The highest BCUT2D eigenvalue weighted by Crippen LogP contribution is 2.20. The van der Waals surface area contributed by atoms with Crippen LogP contribution in [0.5, 0.6) is 0 Å². The maximum absolute atomic E-state index is 4.67. The molecule has 0 spiro atoms. The Morgan fingerprint density at radius 3 is 2.76 bits per heavy atom. The summed E-state index contributed by atoms with van der Waals surface area (Å²) in [6, 6.07) is 10.2. The number of aryl methyl sites for hydroxylation is 1. The van der Waals surface area contributed by atoms with Gasteiger partial charge in [-0.05, 0) is 25.5 Å². The van der Waals surface area contributed by atoms with Gasteiger partial charge in [0, 0.05) is 17.8 Å². The number of nitrogens with one attached hydrogen (secondary N) is 1. The Labute approximate surface area is 101 Å². The Kier molecular flexibility index (Phi) is 2.61. The van der Waals surface area contributed by atoms with Gasteiger partial charge < -0.3 is 5.32 Å². The molecular weight excluding hydrogens is 210 g/mol. The fourth-order valence-electron chi connectivity index (χ4n) is 2.26. The molecule has 2 aromatic rings. The second-order valence-corrected chi connectivity index (χ2v) is 4.35. The van der Waals surface area contributed by atoms with Gasteiger partial charge in [-0.2, -0.15) is 0 Å². The van der Waals surface area contributed by atoms with E-state index in [1.54, 1.807) is 0 Å². The van der Waals surface area contributed by atoms with Gasteiger partial charge in [0.05, 0.1) is 5.69 Å². The summed E-state index contributed by atoms with van der Waals surface area (Å²) < 4.78 is 0. The zero-order valence-corrected chi connectivity index (χ0v) is 9.90. The van der Waals surface area contributed by atoms with E-state index in [4.69, 9.17) is 0 Å². The predicted molar refractivity (Wildman–Crippen MR) is 67.6 cm³/mol. The van der Waals surface area contributed by atoms with E-state index < -0.39 is 0 Å². The van der Waals surface area contributed by atoms with Crippen molar-refractivity contribution >= 4 is 0 Å². The molecule has 17 heavy (non-hydrogen) atoms. The van der Waals surface area contributed by atoms with Crippen LogP contribution in [0.15, 0.2) is 30.3 Å². The van der Waals surface area contributed by atoms with Gasteiger partial charge in [0.25, 0.3) is 0 Å². The van der Waals surface area contributed by atoms with E-state index in [0.29, 0.717) is 0 Å². The first-order valence-corrected chi connectivity index (χ1v) is 5.97. The standard InChI is InChI=1S/C14H15N3/c1-10-12-7-8-15-9-13(12)17-14(16-10)11-5-3-2-4-6-11/h2-6,15H,7-9H2,1H3. The van der Waals surface area contributed by atoms with Crippen LogP contribution in [-0.4, -0.2) is 16.5 Å². The second kappa shape index (κ2) is 4.26. The molecule has 1 aliphatic rings. The third-order valence-corrected chi connectivity index (χ3v) is 3.18. The number of hydrogen-bond donors (Lipinski definition) is 1. The number of hydrogen-bond acceptors (Lipinski definition) is 3. The molecule has 0 saturated carbocycles. The maximum Gasteiger partial charge on any atom is 0.159 e. The van der Waals surface area contributed by atoms with Crippen LogP contribution in [0.3, 0.4) is 0 Å². The first kappa shape index (κ1) is 10.4. The van der Waals surface area contributed by atoms with Gasteiger partial charge in [-0.15, -0.1) is 0 Å². The van der Waals surface area contributed by atoms with Crippen molar-refractivity contribution in [3.63, 3.8) is 0 Å². The molecule has 0 fully saturated rings. The zero-order valence-electron chi connectivity index (χ0n) is 9.90. The summed E-state index contributed by atoms with van der Waals surface area (Å²) in [5, 5.41) is 3.36. The minimum Gasteiger partial charge on any atom is -0.311 e. The number of nitrogens with zero attached hydrogens (tertiary/aromatic N) is 2. The van der Waals surface area contributed by atoms with Crippen LogP contribution in [0, 0.1) is 6.92 Å². The summed E-state index contributed by atoms with van der Waals surface area (Å²) >= 11 is 0. The van der Waals surface area contributed by atoms with Crippen LogP contribution < -0.4 is 5.32 Å². The lowest BCUT2D eigenvalue weighted by atomic mass is 10.0. The molecule has 3 nitrogen and oxygen atoms in total. The van der Waals surface area contributed by atoms with Gasteiger partial charge in [-0.25, -0.2) is 9.97 Å². The molecule has 1 aromatic carbocycles. The monoisotopic (exact) mass is 225 g/mol. The fraction of sp³-hybridized carbons (Fsp3) is 0.286. The highest BCUT2D eigenvalue weighted by molar-refractivity contribution is 5.55. The normalized spacial score (nSPS) is 14.4. The number of aromatic nitrogens is 2. The van der Waals surface area contributed by atoms with E-state index in [0.717, 1.165) is 42.3 Å². The summed E-state index contributed by atoms with van der Waals surface area (Å²) in [5.41, 5.74) is 4.69. The van der Waals surface area contributed by atoms with Gasteiger partial charge >= 0.3 is 0 Å². The van der Waals surface area contributed by atoms with Crippen LogP contribution in [0.1, 0.15) is 17.0 Å². The van der Waals surface area contributed by atoms with E-state index in [-0.39, 0.29) is 0 Å². The number of rotatable bonds is 1. The molecule has 0 saturated heterocycles. The van der Waals surface area contributed by atoms with E-state index in [9.17, 15) is 0 Å². The summed E-state index contributed by atoms with van der Waals surface area (Å²) in [5.74, 6) is 0.838. The average molecular weight is 225 g/mol.